The van der Waals surface area contributed by atoms with Crippen LogP contribution in [-0.2, 0) is 21.7 Å². The van der Waals surface area contributed by atoms with E-state index in [-0.39, 0.29) is 16.5 Å². The van der Waals surface area contributed by atoms with E-state index in [0.29, 0.717) is 62.1 Å². The highest BCUT2D eigenvalue weighted by atomic mass is 16.5. The van der Waals surface area contributed by atoms with Gasteiger partial charge in [0.05, 0.1) is 37.6 Å². The number of para-hydroxylation sites is 2. The van der Waals surface area contributed by atoms with Crippen LogP contribution in [-0.4, -0.2) is 14.1 Å². The van der Waals surface area contributed by atoms with Crippen LogP contribution in [0.15, 0.2) is 223 Å². The van der Waals surface area contributed by atoms with Crippen LogP contribution in [0.25, 0.3) is 128 Å². The third-order valence-corrected chi connectivity index (χ3v) is 17.5. The highest BCUT2D eigenvalue weighted by Crippen LogP contribution is 2.51. The Morgan fingerprint density at radius 3 is 1.94 bits per heavy atom. The SMILES string of the molecule is [2H]c1c([2H])c2c(c([2H])c1-c1cc3c4c(c1)n(-c1cccc(Oc5ccc6c7ccccc7n(-c7cc(C(C)(C)C)ccn7)c6c5)c1)[c-][n+]4-c1c(-c4ccc5oc6ccccc6c5c4)cc(C(C)(C)C)cc1-c1ccccc1-c1ccccc1-3)C(C([2H])([2H])[2H])(C([2H])([2H])[2H])C([2H])([2H])C([2H])([2H])C2(C([2H])([2H])[2H])C([2H])([2H])[2H]. The molecule has 0 bridgehead atoms. The van der Waals surface area contributed by atoms with Crippen molar-refractivity contribution >= 4 is 54.8 Å². The van der Waals surface area contributed by atoms with Gasteiger partial charge in [0.1, 0.15) is 28.5 Å². The van der Waals surface area contributed by atoms with Gasteiger partial charge in [-0.2, -0.15) is 0 Å². The summed E-state index contributed by atoms with van der Waals surface area (Å²) >= 11 is 0. The number of ether oxygens (including phenoxy) is 1. The maximum absolute atomic E-state index is 10.5. The molecule has 0 atom stereocenters. The number of fused-ring (bicyclic) bond motifs is 14. The smallest absolute Gasteiger partial charge is 0.269 e. The number of nitrogens with zero attached hydrogens (tertiary/aromatic N) is 4. The second-order valence-electron chi connectivity index (χ2n) is 25.3. The van der Waals surface area contributed by atoms with E-state index in [1.54, 1.807) is 28.8 Å². The molecule has 0 saturated heterocycles. The summed E-state index contributed by atoms with van der Waals surface area (Å²) in [7, 11) is 0. The number of hydrogen-bond acceptors (Lipinski definition) is 3. The van der Waals surface area contributed by atoms with Gasteiger partial charge in [-0.05, 0) is 185 Å². The zero-order chi connectivity index (χ0) is 76.4. The van der Waals surface area contributed by atoms with Crippen molar-refractivity contribution in [2.75, 3.05) is 0 Å². The van der Waals surface area contributed by atoms with Gasteiger partial charge < -0.3 is 9.15 Å². The highest BCUT2D eigenvalue weighted by molar-refractivity contribution is 6.10. The monoisotopic (exact) mass is 1160 g/mol. The molecule has 88 heavy (non-hydrogen) atoms. The average Bonchev–Trinajstić information content (AvgIpc) is 1.14. The minimum atomic E-state index is -4.54. The first kappa shape index (κ1) is 37.0. The van der Waals surface area contributed by atoms with Gasteiger partial charge in [-0.25, -0.2) is 4.98 Å². The minimum absolute atomic E-state index is 0.185. The fraction of sp³-hybridized carbons (Fsp3) is 0.195. The van der Waals surface area contributed by atoms with E-state index < -0.39 is 91.2 Å². The van der Waals surface area contributed by atoms with E-state index in [4.69, 9.17) is 22.4 Å². The predicted octanol–water partition coefficient (Wildman–Crippen LogP) is 21.5. The molecular weight excluding hydrogens is 1070 g/mol. The quantitative estimate of drug-likeness (QED) is 0.123. The van der Waals surface area contributed by atoms with E-state index in [2.05, 4.69) is 88.8 Å². The summed E-state index contributed by atoms with van der Waals surface area (Å²) in [5, 5.41) is 3.70. The predicted molar refractivity (Wildman–Crippen MR) is 363 cm³/mol. The summed E-state index contributed by atoms with van der Waals surface area (Å²) in [6.07, 6.45) is -3.45. The molecule has 2 aliphatic rings. The lowest BCUT2D eigenvalue weighted by Crippen LogP contribution is -2.33. The Hall–Kier alpha value is -9.78. The van der Waals surface area contributed by atoms with Gasteiger partial charge in [0, 0.05) is 55.7 Å². The molecule has 6 nitrogen and oxygen atoms in total. The van der Waals surface area contributed by atoms with Crippen LogP contribution in [0.2, 0.25) is 0 Å². The van der Waals surface area contributed by atoms with E-state index in [1.807, 2.05) is 138 Å². The first-order valence-corrected chi connectivity index (χ1v) is 29.4. The van der Waals surface area contributed by atoms with Crippen LogP contribution < -0.4 is 9.30 Å². The lowest BCUT2D eigenvalue weighted by Gasteiger charge is -2.42. The summed E-state index contributed by atoms with van der Waals surface area (Å²) in [4.78, 5) is 4.89. The Morgan fingerprint density at radius 1 is 0.523 bits per heavy atom. The first-order chi connectivity index (χ1) is 50.2. The zero-order valence-corrected chi connectivity index (χ0v) is 49.2. The highest BCUT2D eigenvalue weighted by Gasteiger charge is 2.38. The number of furan rings is 1. The van der Waals surface area contributed by atoms with Crippen molar-refractivity contribution < 1.29 is 39.8 Å². The molecule has 6 heteroatoms. The summed E-state index contributed by atoms with van der Waals surface area (Å²) < 4.78 is 198. The average molecular weight is 1160 g/mol. The topological polar surface area (TPSA) is 49.0 Å². The first-order valence-electron chi connectivity index (χ1n) is 38.9. The van der Waals surface area contributed by atoms with Crippen molar-refractivity contribution in [1.82, 2.24) is 14.1 Å². The number of hydrogen-bond donors (Lipinski definition) is 0. The van der Waals surface area contributed by atoms with Crippen LogP contribution in [0.4, 0.5) is 0 Å². The van der Waals surface area contributed by atoms with Gasteiger partial charge in [0.15, 0.2) is 0 Å². The molecule has 10 aromatic carbocycles. The van der Waals surface area contributed by atoms with Crippen molar-refractivity contribution in [2.24, 2.45) is 0 Å². The van der Waals surface area contributed by atoms with Crippen LogP contribution in [0.5, 0.6) is 11.5 Å². The van der Waals surface area contributed by atoms with Crippen molar-refractivity contribution in [3.63, 3.8) is 0 Å². The van der Waals surface area contributed by atoms with Crippen molar-refractivity contribution in [2.45, 2.75) is 103 Å². The summed E-state index contributed by atoms with van der Waals surface area (Å²) in [6.45, 7) is -4.16. The normalized spacial score (nSPS) is 19.2. The third-order valence-electron chi connectivity index (χ3n) is 17.5. The molecule has 0 saturated carbocycles. The second-order valence-corrected chi connectivity index (χ2v) is 25.3. The zero-order valence-electron chi connectivity index (χ0n) is 68.2. The Bertz CT molecular complexity index is 6070. The Labute approximate surface area is 541 Å². The largest absolute Gasteiger partial charge is 0.458 e. The fourth-order valence-electron chi connectivity index (χ4n) is 13.0. The van der Waals surface area contributed by atoms with E-state index >= 15 is 0 Å². The number of rotatable bonds is 6. The van der Waals surface area contributed by atoms with Gasteiger partial charge in [0.25, 0.3) is 6.33 Å². The number of aromatic nitrogens is 4. The summed E-state index contributed by atoms with van der Waals surface area (Å²) in [5.74, 6) is 1.54. The van der Waals surface area contributed by atoms with E-state index in [9.17, 15) is 17.8 Å². The fourth-order valence-corrected chi connectivity index (χ4v) is 13.0. The molecule has 0 radical (unpaired) electrons. The van der Waals surface area contributed by atoms with Gasteiger partial charge in [0.2, 0.25) is 0 Å². The maximum atomic E-state index is 10.5. The maximum Gasteiger partial charge on any atom is 0.269 e. The molecule has 0 unspecified atom stereocenters. The van der Waals surface area contributed by atoms with Gasteiger partial charge in [-0.3, -0.25) is 13.7 Å². The molecular formula is C82H70N4O2. The third kappa shape index (κ3) is 8.58. The molecule has 0 spiro atoms. The molecule has 0 amide bonds. The van der Waals surface area contributed by atoms with Crippen LogP contribution in [0.1, 0.15) is 130 Å². The molecule has 5 heterocycles. The van der Waals surface area contributed by atoms with Crippen molar-refractivity contribution in [1.29, 1.82) is 0 Å². The van der Waals surface area contributed by atoms with Gasteiger partial charge >= 0.3 is 0 Å². The van der Waals surface area contributed by atoms with E-state index in [1.165, 1.54) is 6.07 Å². The number of pyridine rings is 1. The van der Waals surface area contributed by atoms with Crippen molar-refractivity contribution in [3.05, 3.63) is 247 Å². The van der Waals surface area contributed by atoms with E-state index in [0.717, 1.165) is 71.5 Å². The summed E-state index contributed by atoms with van der Waals surface area (Å²) in [6, 6.07) is 58.2. The van der Waals surface area contributed by atoms with Crippen molar-refractivity contribution in [3.8, 4) is 84.3 Å². The Kier molecular flexibility index (Phi) is 8.15. The molecule has 430 valence electrons. The second kappa shape index (κ2) is 19.4. The Balaban J connectivity index is 1.04. The Morgan fingerprint density at radius 2 is 1.18 bits per heavy atom. The number of benzene rings is 10. The van der Waals surface area contributed by atoms with Crippen LogP contribution >= 0.6 is 0 Å². The molecule has 1 aliphatic heterocycles. The molecule has 1 aliphatic carbocycles. The molecule has 14 aromatic rings. The van der Waals surface area contributed by atoms with Gasteiger partial charge in [-0.1, -0.05) is 202 Å². The summed E-state index contributed by atoms with van der Waals surface area (Å²) in [5.41, 5.74) is -0.905. The molecule has 4 aromatic heterocycles. The standard InChI is InChI=1S/C82H70N4O2/c1-79(2,3)53-36-39-83-76(46-53)86-71-28-17-15-26-62(71)63-33-32-57(48-72(63)86)87-56-21-19-20-55(47-56)84-49-85-77-65(51-31-35-75-66(40-51)64-27-16-18-29-74(64)88-75)44-54(80(4,5)6)45-68(77)61-25-14-12-23-59(61)58-22-11-13-24-60(58)67-41-52(43-73(84)78(67)85)50-30-34-69-70(42-50)82(9,10)38-37-81(69,7)8/h11-36,39-48H,37-38H2,1-10H3/i7D3,8D3,9D3,10D3,30D,34D,37D2,38D2,42D. The molecule has 0 fully saturated rings. The minimum Gasteiger partial charge on any atom is -0.458 e. The lowest BCUT2D eigenvalue weighted by atomic mass is 9.63. The molecule has 16 rings (SSSR count). The van der Waals surface area contributed by atoms with Crippen LogP contribution in [0, 0.1) is 6.33 Å². The van der Waals surface area contributed by atoms with Gasteiger partial charge in [-0.15, -0.1) is 0 Å². The molecule has 0 N–H and O–H groups in total. The van der Waals surface area contributed by atoms with Crippen LogP contribution in [0.3, 0.4) is 0 Å². The number of imidazole rings is 1. The lowest BCUT2D eigenvalue weighted by molar-refractivity contribution is -0.570.